The number of aliphatic hydroxyl groups excluding tert-OH is 1. The summed E-state index contributed by atoms with van der Waals surface area (Å²) in [5.41, 5.74) is 2.75. The van der Waals surface area contributed by atoms with Crippen molar-refractivity contribution in [2.75, 3.05) is 0 Å². The van der Waals surface area contributed by atoms with Gasteiger partial charge in [-0.2, -0.15) is 5.10 Å². The maximum Gasteiger partial charge on any atom is 0.0857 e. The Morgan fingerprint density at radius 3 is 2.70 bits per heavy atom. The molecule has 1 unspecified atom stereocenters. The van der Waals surface area contributed by atoms with E-state index in [4.69, 9.17) is 11.6 Å². The highest BCUT2D eigenvalue weighted by Gasteiger charge is 2.19. The Labute approximate surface area is 140 Å². The highest BCUT2D eigenvalue weighted by molar-refractivity contribution is 9.10. The van der Waals surface area contributed by atoms with Crippen LogP contribution in [0.5, 0.6) is 0 Å². The summed E-state index contributed by atoms with van der Waals surface area (Å²) >= 11 is 13.0. The minimum absolute atomic E-state index is 0.475. The molecule has 1 aromatic carbocycles. The zero-order chi connectivity index (χ0) is 14.9. The second kappa shape index (κ2) is 6.60. The van der Waals surface area contributed by atoms with Gasteiger partial charge in [0.05, 0.1) is 22.0 Å². The van der Waals surface area contributed by atoms with Gasteiger partial charge in [-0.15, -0.1) is 0 Å². The summed E-state index contributed by atoms with van der Waals surface area (Å²) < 4.78 is 3.63. The normalized spacial score (nSPS) is 12.7. The number of hydrogen-bond acceptors (Lipinski definition) is 2. The molecular formula is C14H15Br2ClN2O. The zero-order valence-electron chi connectivity index (χ0n) is 11.2. The van der Waals surface area contributed by atoms with Crippen molar-refractivity contribution < 1.29 is 5.11 Å². The average Bonchev–Trinajstić information content (AvgIpc) is 2.68. The van der Waals surface area contributed by atoms with Crippen LogP contribution in [0.3, 0.4) is 0 Å². The van der Waals surface area contributed by atoms with E-state index < -0.39 is 6.10 Å². The molecule has 0 radical (unpaired) electrons. The number of aromatic nitrogens is 2. The predicted octanol–water partition coefficient (Wildman–Crippen LogP) is 4.44. The average molecular weight is 423 g/mol. The molecule has 0 aliphatic rings. The molecule has 1 heterocycles. The Morgan fingerprint density at radius 2 is 2.10 bits per heavy atom. The first-order valence-electron chi connectivity index (χ1n) is 6.27. The number of halogens is 3. The molecule has 1 atom stereocenters. The number of rotatable bonds is 4. The molecule has 0 aliphatic carbocycles. The van der Waals surface area contributed by atoms with Crippen molar-refractivity contribution in [3.63, 3.8) is 0 Å². The van der Waals surface area contributed by atoms with E-state index in [2.05, 4.69) is 43.9 Å². The second-order valence-corrected chi connectivity index (χ2v) is 6.65. The predicted molar refractivity (Wildman–Crippen MR) is 88.1 cm³/mol. The minimum Gasteiger partial charge on any atom is -0.388 e. The van der Waals surface area contributed by atoms with Crippen molar-refractivity contribution in [3.05, 3.63) is 49.1 Å². The molecule has 20 heavy (non-hydrogen) atoms. The molecule has 0 bridgehead atoms. The zero-order valence-corrected chi connectivity index (χ0v) is 15.1. The first-order chi connectivity index (χ1) is 9.43. The molecular weight excluding hydrogens is 407 g/mol. The van der Waals surface area contributed by atoms with E-state index in [0.29, 0.717) is 11.4 Å². The molecule has 1 aromatic heterocycles. The molecule has 3 nitrogen and oxygen atoms in total. The van der Waals surface area contributed by atoms with E-state index in [9.17, 15) is 5.11 Å². The van der Waals surface area contributed by atoms with Crippen LogP contribution in [0.15, 0.2) is 27.1 Å². The fraction of sp³-hybridized carbons (Fsp3) is 0.357. The van der Waals surface area contributed by atoms with Crippen LogP contribution in [0, 0.1) is 0 Å². The Kier molecular flexibility index (Phi) is 5.29. The van der Waals surface area contributed by atoms with Crippen molar-refractivity contribution in [2.45, 2.75) is 25.9 Å². The van der Waals surface area contributed by atoms with Crippen molar-refractivity contribution in [2.24, 2.45) is 7.05 Å². The SMILES string of the molecule is CCc1nn(C)c(CC(O)c2cc(Cl)ccc2Br)c1Br. The first-order valence-corrected chi connectivity index (χ1v) is 8.23. The van der Waals surface area contributed by atoms with Crippen LogP contribution in [-0.4, -0.2) is 14.9 Å². The first kappa shape index (κ1) is 16.0. The maximum atomic E-state index is 10.5. The molecule has 2 rings (SSSR count). The Bertz CT molecular complexity index is 628. The van der Waals surface area contributed by atoms with Crippen LogP contribution < -0.4 is 0 Å². The Balaban J connectivity index is 2.30. The third kappa shape index (κ3) is 3.27. The summed E-state index contributed by atoms with van der Waals surface area (Å²) in [5, 5.41) is 15.5. The lowest BCUT2D eigenvalue weighted by atomic mass is 10.0. The highest BCUT2D eigenvalue weighted by Crippen LogP contribution is 2.31. The molecule has 0 amide bonds. The van der Waals surface area contributed by atoms with Gasteiger partial charge in [0, 0.05) is 23.0 Å². The van der Waals surface area contributed by atoms with Crippen LogP contribution in [0.2, 0.25) is 5.02 Å². The van der Waals surface area contributed by atoms with Crippen LogP contribution in [-0.2, 0) is 19.9 Å². The number of nitrogens with zero attached hydrogens (tertiary/aromatic N) is 2. The van der Waals surface area contributed by atoms with Crippen molar-refractivity contribution >= 4 is 43.5 Å². The lowest BCUT2D eigenvalue weighted by Crippen LogP contribution is -2.07. The van der Waals surface area contributed by atoms with Crippen LogP contribution in [0.25, 0.3) is 0 Å². The van der Waals surface area contributed by atoms with E-state index in [1.54, 1.807) is 12.1 Å². The van der Waals surface area contributed by atoms with Crippen LogP contribution in [0.1, 0.15) is 30.0 Å². The molecule has 0 saturated carbocycles. The lowest BCUT2D eigenvalue weighted by molar-refractivity contribution is 0.175. The summed E-state index contributed by atoms with van der Waals surface area (Å²) in [7, 11) is 1.89. The maximum absolute atomic E-state index is 10.5. The molecule has 0 fully saturated rings. The molecule has 2 aromatic rings. The number of hydrogen-bond donors (Lipinski definition) is 1. The molecule has 108 valence electrons. The second-order valence-electron chi connectivity index (χ2n) is 4.57. The van der Waals surface area contributed by atoms with Crippen molar-refractivity contribution in [1.29, 1.82) is 0 Å². The Morgan fingerprint density at radius 1 is 1.40 bits per heavy atom. The van der Waals surface area contributed by atoms with Gasteiger partial charge in [0.1, 0.15) is 0 Å². The quantitative estimate of drug-likeness (QED) is 0.791. The third-order valence-electron chi connectivity index (χ3n) is 3.21. The smallest absolute Gasteiger partial charge is 0.0857 e. The van der Waals surface area contributed by atoms with E-state index in [1.165, 1.54) is 0 Å². The fourth-order valence-corrected chi connectivity index (χ4v) is 3.57. The van der Waals surface area contributed by atoms with Crippen LogP contribution in [0.4, 0.5) is 0 Å². The number of aryl methyl sites for hydroxylation is 2. The highest BCUT2D eigenvalue weighted by atomic mass is 79.9. The molecule has 1 N–H and O–H groups in total. The van der Waals surface area contributed by atoms with E-state index in [1.807, 2.05) is 17.8 Å². The van der Waals surface area contributed by atoms with Gasteiger partial charge >= 0.3 is 0 Å². The van der Waals surface area contributed by atoms with Gasteiger partial charge in [-0.3, -0.25) is 4.68 Å². The van der Waals surface area contributed by atoms with Gasteiger partial charge in [0.2, 0.25) is 0 Å². The molecule has 0 saturated heterocycles. The summed E-state index contributed by atoms with van der Waals surface area (Å²) in [5.74, 6) is 0. The van der Waals surface area contributed by atoms with Gasteiger partial charge in [-0.25, -0.2) is 0 Å². The summed E-state index contributed by atoms with van der Waals surface area (Å²) in [6.07, 6.45) is 0.688. The van der Waals surface area contributed by atoms with Gasteiger partial charge in [-0.1, -0.05) is 34.5 Å². The minimum atomic E-state index is -0.639. The van der Waals surface area contributed by atoms with Gasteiger partial charge < -0.3 is 5.11 Å². The number of benzene rings is 1. The van der Waals surface area contributed by atoms with E-state index in [-0.39, 0.29) is 0 Å². The van der Waals surface area contributed by atoms with Gasteiger partial charge in [0.25, 0.3) is 0 Å². The fourth-order valence-electron chi connectivity index (χ4n) is 2.10. The lowest BCUT2D eigenvalue weighted by Gasteiger charge is -2.14. The van der Waals surface area contributed by atoms with Crippen molar-refractivity contribution in [3.8, 4) is 0 Å². The van der Waals surface area contributed by atoms with Crippen molar-refractivity contribution in [1.82, 2.24) is 9.78 Å². The topological polar surface area (TPSA) is 38.0 Å². The summed E-state index contributed by atoms with van der Waals surface area (Å²) in [6.45, 7) is 2.06. The molecule has 0 aliphatic heterocycles. The summed E-state index contributed by atoms with van der Waals surface area (Å²) in [4.78, 5) is 0. The summed E-state index contributed by atoms with van der Waals surface area (Å²) in [6, 6.07) is 5.41. The van der Waals surface area contributed by atoms with Gasteiger partial charge in [0.15, 0.2) is 0 Å². The Hall–Kier alpha value is -0.360. The number of aliphatic hydroxyl groups is 1. The third-order valence-corrected chi connectivity index (χ3v) is 5.08. The molecule has 6 heteroatoms. The van der Waals surface area contributed by atoms with Crippen LogP contribution >= 0.6 is 43.5 Å². The van der Waals surface area contributed by atoms with Gasteiger partial charge in [-0.05, 0) is 46.1 Å². The van der Waals surface area contributed by atoms with E-state index in [0.717, 1.165) is 32.3 Å². The molecule has 0 spiro atoms. The van der Waals surface area contributed by atoms with E-state index >= 15 is 0 Å². The standard InChI is InChI=1S/C14H15Br2ClN2O/c1-3-11-14(16)12(19(2)18-11)7-13(20)9-6-8(17)4-5-10(9)15/h4-6,13,20H,3,7H2,1-2H3. The monoisotopic (exact) mass is 420 g/mol. The largest absolute Gasteiger partial charge is 0.388 e.